The van der Waals surface area contributed by atoms with Gasteiger partial charge in [0.05, 0.1) is 44.6 Å². The van der Waals surface area contributed by atoms with Crippen LogP contribution in [0.1, 0.15) is 78.1 Å². The van der Waals surface area contributed by atoms with Gasteiger partial charge in [-0.05, 0) is 104 Å². The van der Waals surface area contributed by atoms with Crippen molar-refractivity contribution in [3.05, 3.63) is 154 Å². The Hall–Kier alpha value is -7.21. The molecule has 0 radical (unpaired) electrons. The van der Waals surface area contributed by atoms with Crippen LogP contribution in [-0.2, 0) is 0 Å². The molecule has 2 aliphatic rings. The summed E-state index contributed by atoms with van der Waals surface area (Å²) in [5.74, 6) is -3.95. The zero-order valence-electron chi connectivity index (χ0n) is 26.9. The number of imide groups is 2. The van der Waals surface area contributed by atoms with E-state index >= 15 is 0 Å². The topological polar surface area (TPSA) is 154 Å². The zero-order valence-corrected chi connectivity index (χ0v) is 26.9. The molecule has 0 saturated carbocycles. The molecule has 0 spiro atoms. The van der Waals surface area contributed by atoms with Crippen LogP contribution in [0.4, 0.5) is 5.69 Å². The van der Waals surface area contributed by atoms with E-state index < -0.39 is 41.5 Å². The Labute approximate surface area is 289 Å². The molecule has 5 aromatic carbocycles. The molecule has 0 aliphatic carbocycles. The first-order valence-corrected chi connectivity index (χ1v) is 15.4. The van der Waals surface area contributed by atoms with Gasteiger partial charge in [0.1, 0.15) is 17.2 Å². The highest BCUT2D eigenvalue weighted by atomic mass is 16.5. The molecule has 5 aromatic rings. The number of rotatable bonds is 7. The molecule has 0 fully saturated rings. The van der Waals surface area contributed by atoms with Crippen LogP contribution in [0.2, 0.25) is 0 Å². The molecule has 7 rings (SSSR count). The monoisotopic (exact) mass is 680 g/mol. The van der Waals surface area contributed by atoms with Crippen molar-refractivity contribution >= 4 is 47.2 Å². The van der Waals surface area contributed by atoms with E-state index in [0.29, 0.717) is 5.56 Å². The molecule has 12 heteroatoms. The molecule has 0 N–H and O–H groups in total. The fourth-order valence-corrected chi connectivity index (χ4v) is 5.51. The average Bonchev–Trinajstić information content (AvgIpc) is 3.51. The molecular weight excluding hydrogens is 656 g/mol. The van der Waals surface area contributed by atoms with Gasteiger partial charge in [0, 0.05) is 7.05 Å². The second-order valence-corrected chi connectivity index (χ2v) is 11.6. The van der Waals surface area contributed by atoms with Crippen molar-refractivity contribution in [1.29, 1.82) is 0 Å². The molecule has 250 valence electrons. The van der Waals surface area contributed by atoms with Gasteiger partial charge < -0.3 is 14.2 Å². The maximum Gasteiger partial charge on any atom is 0.343 e. The van der Waals surface area contributed by atoms with Crippen LogP contribution in [0.15, 0.2) is 109 Å². The highest BCUT2D eigenvalue weighted by Crippen LogP contribution is 2.32. The van der Waals surface area contributed by atoms with Crippen LogP contribution in [-0.4, -0.2) is 53.5 Å². The van der Waals surface area contributed by atoms with Crippen LogP contribution < -0.4 is 19.1 Å². The summed E-state index contributed by atoms with van der Waals surface area (Å²) in [5, 5.41) is 0. The van der Waals surface area contributed by atoms with Gasteiger partial charge in [0.25, 0.3) is 23.6 Å². The minimum atomic E-state index is -0.787. The Morgan fingerprint density at radius 2 is 0.824 bits per heavy atom. The molecule has 2 aliphatic heterocycles. The Kier molecular flexibility index (Phi) is 8.04. The van der Waals surface area contributed by atoms with Crippen LogP contribution >= 0.6 is 0 Å². The number of carbonyl (C=O) groups is 7. The third-order valence-corrected chi connectivity index (χ3v) is 8.29. The number of hydrogen-bond acceptors (Lipinski definition) is 10. The van der Waals surface area contributed by atoms with Crippen LogP contribution in [0, 0.1) is 6.92 Å². The lowest BCUT2D eigenvalue weighted by molar-refractivity contribution is 0.0685. The molecule has 2 heterocycles. The van der Waals surface area contributed by atoms with Crippen molar-refractivity contribution in [3.8, 4) is 17.2 Å². The van der Waals surface area contributed by atoms with E-state index in [1.165, 1.54) is 92.0 Å². The van der Waals surface area contributed by atoms with Gasteiger partial charge in [-0.2, -0.15) is 0 Å². The van der Waals surface area contributed by atoms with Crippen molar-refractivity contribution in [2.75, 3.05) is 11.9 Å². The summed E-state index contributed by atoms with van der Waals surface area (Å²) in [5.41, 5.74) is 2.30. The molecular formula is C39H24N2O10. The molecule has 0 bridgehead atoms. The van der Waals surface area contributed by atoms with Crippen LogP contribution in [0.5, 0.6) is 17.2 Å². The number of benzene rings is 5. The van der Waals surface area contributed by atoms with Crippen molar-refractivity contribution in [1.82, 2.24) is 4.90 Å². The normalized spacial score (nSPS) is 13.2. The van der Waals surface area contributed by atoms with Gasteiger partial charge >= 0.3 is 17.9 Å². The summed E-state index contributed by atoms with van der Waals surface area (Å²) < 4.78 is 16.2. The summed E-state index contributed by atoms with van der Waals surface area (Å²) in [6, 6.07) is 26.4. The van der Waals surface area contributed by atoms with E-state index in [4.69, 9.17) is 14.2 Å². The van der Waals surface area contributed by atoms with E-state index in [9.17, 15) is 33.6 Å². The Morgan fingerprint density at radius 3 is 1.33 bits per heavy atom. The maximum atomic E-state index is 13.3. The second-order valence-electron chi connectivity index (χ2n) is 11.6. The molecule has 4 amide bonds. The number of carbonyl (C=O) groups excluding carboxylic acids is 7. The van der Waals surface area contributed by atoms with Gasteiger partial charge in [-0.1, -0.05) is 17.7 Å². The zero-order chi connectivity index (χ0) is 36.0. The summed E-state index contributed by atoms with van der Waals surface area (Å²) in [6.07, 6.45) is 0. The van der Waals surface area contributed by atoms with E-state index in [-0.39, 0.29) is 56.3 Å². The number of anilines is 1. The van der Waals surface area contributed by atoms with Gasteiger partial charge in [0.2, 0.25) is 0 Å². The molecule has 12 nitrogen and oxygen atoms in total. The Morgan fingerprint density at radius 1 is 0.451 bits per heavy atom. The first-order valence-electron chi connectivity index (χ1n) is 15.4. The first kappa shape index (κ1) is 32.3. The molecule has 0 saturated heterocycles. The summed E-state index contributed by atoms with van der Waals surface area (Å²) >= 11 is 0. The highest BCUT2D eigenvalue weighted by molar-refractivity contribution is 6.34. The molecule has 51 heavy (non-hydrogen) atoms. The fraction of sp³-hybridized carbons (Fsp3) is 0.0513. The summed E-state index contributed by atoms with van der Waals surface area (Å²) in [6.45, 7) is 1.90. The number of ether oxygens (including phenoxy) is 3. The van der Waals surface area contributed by atoms with Gasteiger partial charge in [-0.25, -0.2) is 19.3 Å². The van der Waals surface area contributed by atoms with Crippen molar-refractivity contribution in [2.45, 2.75) is 6.92 Å². The van der Waals surface area contributed by atoms with E-state index in [2.05, 4.69) is 0 Å². The number of nitrogens with zero attached hydrogens (tertiary/aromatic N) is 2. The van der Waals surface area contributed by atoms with Gasteiger partial charge in [-0.15, -0.1) is 0 Å². The third kappa shape index (κ3) is 6.02. The first-order chi connectivity index (χ1) is 24.5. The van der Waals surface area contributed by atoms with Crippen LogP contribution in [0.25, 0.3) is 0 Å². The number of fused-ring (bicyclic) bond motifs is 2. The van der Waals surface area contributed by atoms with E-state index in [1.807, 2.05) is 6.92 Å². The summed E-state index contributed by atoms with van der Waals surface area (Å²) in [7, 11) is 1.36. The lowest BCUT2D eigenvalue weighted by Gasteiger charge is -2.14. The highest BCUT2D eigenvalue weighted by Gasteiger charge is 2.37. The number of aryl methyl sites for hydroxylation is 1. The predicted molar refractivity (Wildman–Crippen MR) is 179 cm³/mol. The number of hydrogen-bond donors (Lipinski definition) is 0. The average molecular weight is 681 g/mol. The molecule has 0 unspecified atom stereocenters. The SMILES string of the molecule is Cc1ccc(C(=O)Oc2ccc(N3C(=O)c4ccc(OC(=O)c5ccc(C(=O)Oc6ccc7c(c6)C(=O)N(C)C7=O)cc5)cc4C3=O)cc2)cc1. The maximum absolute atomic E-state index is 13.3. The minimum Gasteiger partial charge on any atom is -0.423 e. The van der Waals surface area contributed by atoms with E-state index in [1.54, 1.807) is 24.3 Å². The summed E-state index contributed by atoms with van der Waals surface area (Å²) in [4.78, 5) is 90.9. The Bertz CT molecular complexity index is 2330. The minimum absolute atomic E-state index is 0.0129. The lowest BCUT2D eigenvalue weighted by Crippen LogP contribution is -2.29. The van der Waals surface area contributed by atoms with Crippen molar-refractivity contribution in [2.24, 2.45) is 0 Å². The molecule has 0 aromatic heterocycles. The number of esters is 3. The number of amides is 4. The van der Waals surface area contributed by atoms with Gasteiger partial charge in [-0.3, -0.25) is 24.1 Å². The largest absolute Gasteiger partial charge is 0.423 e. The smallest absolute Gasteiger partial charge is 0.343 e. The van der Waals surface area contributed by atoms with E-state index in [0.717, 1.165) is 15.4 Å². The molecule has 0 atom stereocenters. The van der Waals surface area contributed by atoms with Crippen molar-refractivity contribution < 1.29 is 47.8 Å². The van der Waals surface area contributed by atoms with Gasteiger partial charge in [0.15, 0.2) is 0 Å². The standard InChI is InChI=1S/C39H24N2O10/c1-21-3-5-22(6-4-21)37(46)49-26-13-11-25(12-14-26)41-35(44)30-18-16-28(20-32(30)36(41)45)51-39(48)24-9-7-23(8-10-24)38(47)50-27-15-17-29-31(19-27)34(43)40(2)33(29)42/h3-20H,1-2H3. The second kappa shape index (κ2) is 12.7. The van der Waals surface area contributed by atoms with Crippen LogP contribution in [0.3, 0.4) is 0 Å². The third-order valence-electron chi connectivity index (χ3n) is 8.29. The fourth-order valence-electron chi connectivity index (χ4n) is 5.51. The predicted octanol–water partition coefficient (Wildman–Crippen LogP) is 5.68. The lowest BCUT2D eigenvalue weighted by atomic mass is 10.1. The Balaban J connectivity index is 0.987. The quantitative estimate of drug-likeness (QED) is 0.119. The van der Waals surface area contributed by atoms with Crippen molar-refractivity contribution in [3.63, 3.8) is 0 Å².